The van der Waals surface area contributed by atoms with Crippen molar-refractivity contribution >= 4 is 17.3 Å². The van der Waals surface area contributed by atoms with Crippen LogP contribution in [-0.2, 0) is 16.0 Å². The van der Waals surface area contributed by atoms with Crippen molar-refractivity contribution in [1.29, 1.82) is 0 Å². The summed E-state index contributed by atoms with van der Waals surface area (Å²) in [7, 11) is 0. The number of benzene rings is 2. The van der Waals surface area contributed by atoms with E-state index in [2.05, 4.69) is 5.32 Å². The van der Waals surface area contributed by atoms with Gasteiger partial charge in [-0.15, -0.1) is 0 Å². The first-order valence-corrected chi connectivity index (χ1v) is 6.97. The topological polar surface area (TPSA) is 64.3 Å². The number of carbonyl (C=O) groups is 1. The third kappa shape index (κ3) is 4.61. The van der Waals surface area contributed by atoms with Crippen LogP contribution in [0.15, 0.2) is 54.6 Å². The molecule has 0 aliphatic carbocycles. The van der Waals surface area contributed by atoms with Crippen molar-refractivity contribution < 1.29 is 9.53 Å². The van der Waals surface area contributed by atoms with Crippen LogP contribution in [-0.4, -0.2) is 18.6 Å². The molecular weight excluding hydrogens is 264 g/mol. The number of para-hydroxylation sites is 2. The number of nitrogens with two attached hydrogens (primary N) is 1. The summed E-state index contributed by atoms with van der Waals surface area (Å²) in [5.74, 6) is -0.151. The minimum absolute atomic E-state index is 0.151. The largest absolute Gasteiger partial charge is 0.399 e. The summed E-state index contributed by atoms with van der Waals surface area (Å²) < 4.78 is 5.57. The fraction of sp³-hybridized carbons (Fsp3) is 0.235. The summed E-state index contributed by atoms with van der Waals surface area (Å²) in [6.07, 6.45) is 0.186. The summed E-state index contributed by atoms with van der Waals surface area (Å²) in [5.41, 5.74) is 8.42. The van der Waals surface area contributed by atoms with Gasteiger partial charge in [0.25, 0.3) is 5.91 Å². The van der Waals surface area contributed by atoms with Crippen molar-refractivity contribution in [3.63, 3.8) is 0 Å². The van der Waals surface area contributed by atoms with Gasteiger partial charge in [-0.25, -0.2) is 0 Å². The van der Waals surface area contributed by atoms with Crippen LogP contribution in [0.5, 0.6) is 0 Å². The molecule has 0 saturated heterocycles. The van der Waals surface area contributed by atoms with Crippen LogP contribution in [0.1, 0.15) is 12.5 Å². The highest BCUT2D eigenvalue weighted by Gasteiger charge is 2.13. The number of hydrogen-bond acceptors (Lipinski definition) is 3. The van der Waals surface area contributed by atoms with Crippen LogP contribution in [0.3, 0.4) is 0 Å². The van der Waals surface area contributed by atoms with E-state index in [1.54, 1.807) is 6.92 Å². The summed E-state index contributed by atoms with van der Waals surface area (Å²) in [6.45, 7) is 2.20. The zero-order chi connectivity index (χ0) is 15.1. The molecule has 21 heavy (non-hydrogen) atoms. The van der Waals surface area contributed by atoms with Gasteiger partial charge in [-0.05, 0) is 37.1 Å². The molecule has 0 aromatic heterocycles. The Morgan fingerprint density at radius 3 is 2.52 bits per heavy atom. The SMILES string of the molecule is CC(OCCc1ccccc1N)C(=O)Nc1ccccc1. The molecule has 4 nitrogen and oxygen atoms in total. The predicted molar refractivity (Wildman–Crippen MR) is 85.0 cm³/mol. The van der Waals surface area contributed by atoms with Gasteiger partial charge >= 0.3 is 0 Å². The summed E-state index contributed by atoms with van der Waals surface area (Å²) in [5, 5.41) is 2.81. The van der Waals surface area contributed by atoms with Gasteiger partial charge in [0.05, 0.1) is 6.61 Å². The molecule has 1 amide bonds. The van der Waals surface area contributed by atoms with E-state index >= 15 is 0 Å². The molecule has 4 heteroatoms. The number of hydrogen-bond donors (Lipinski definition) is 2. The molecule has 0 saturated carbocycles. The second-order valence-electron chi connectivity index (χ2n) is 4.82. The van der Waals surface area contributed by atoms with Gasteiger partial charge in [0.2, 0.25) is 0 Å². The highest BCUT2D eigenvalue weighted by molar-refractivity contribution is 5.93. The number of nitrogens with one attached hydrogen (secondary N) is 1. The predicted octanol–water partition coefficient (Wildman–Crippen LogP) is 2.86. The Labute approximate surface area is 124 Å². The van der Waals surface area contributed by atoms with Crippen molar-refractivity contribution in [2.45, 2.75) is 19.4 Å². The van der Waals surface area contributed by atoms with E-state index in [9.17, 15) is 4.79 Å². The summed E-state index contributed by atoms with van der Waals surface area (Å²) in [4.78, 5) is 12.0. The van der Waals surface area contributed by atoms with Gasteiger partial charge in [0, 0.05) is 11.4 Å². The maximum Gasteiger partial charge on any atom is 0.253 e. The molecule has 110 valence electrons. The molecule has 0 aliphatic rings. The molecule has 0 spiro atoms. The molecule has 0 fully saturated rings. The van der Waals surface area contributed by atoms with Crippen LogP contribution in [0.4, 0.5) is 11.4 Å². The lowest BCUT2D eigenvalue weighted by Gasteiger charge is -2.14. The Bertz CT molecular complexity index is 584. The molecule has 0 radical (unpaired) electrons. The van der Waals surface area contributed by atoms with E-state index in [0.717, 1.165) is 16.9 Å². The number of carbonyl (C=O) groups excluding carboxylic acids is 1. The normalized spacial score (nSPS) is 11.9. The van der Waals surface area contributed by atoms with Crippen LogP contribution >= 0.6 is 0 Å². The standard InChI is InChI=1S/C17H20N2O2/c1-13(17(20)19-15-8-3-2-4-9-15)21-12-11-14-7-5-6-10-16(14)18/h2-10,13H,11-12,18H2,1H3,(H,19,20). The lowest BCUT2D eigenvalue weighted by Crippen LogP contribution is -2.28. The van der Waals surface area contributed by atoms with Crippen molar-refractivity contribution in [2.24, 2.45) is 0 Å². The van der Waals surface area contributed by atoms with Gasteiger partial charge in [-0.1, -0.05) is 36.4 Å². The van der Waals surface area contributed by atoms with E-state index in [-0.39, 0.29) is 5.91 Å². The highest BCUT2D eigenvalue weighted by Crippen LogP contribution is 2.12. The Hall–Kier alpha value is -2.33. The Balaban J connectivity index is 1.78. The second-order valence-corrected chi connectivity index (χ2v) is 4.82. The maximum atomic E-state index is 12.0. The van der Waals surface area contributed by atoms with Crippen LogP contribution in [0, 0.1) is 0 Å². The van der Waals surface area contributed by atoms with Crippen LogP contribution in [0.2, 0.25) is 0 Å². The first-order chi connectivity index (χ1) is 10.2. The van der Waals surface area contributed by atoms with Crippen molar-refractivity contribution in [3.8, 4) is 0 Å². The van der Waals surface area contributed by atoms with Gasteiger partial charge in [0.15, 0.2) is 0 Å². The minimum Gasteiger partial charge on any atom is -0.399 e. The zero-order valence-corrected chi connectivity index (χ0v) is 12.1. The molecule has 2 aromatic rings. The first-order valence-electron chi connectivity index (χ1n) is 6.97. The summed E-state index contributed by atoms with van der Waals surface area (Å²) >= 11 is 0. The fourth-order valence-corrected chi connectivity index (χ4v) is 1.95. The maximum absolute atomic E-state index is 12.0. The lowest BCUT2D eigenvalue weighted by atomic mass is 10.1. The van der Waals surface area contributed by atoms with E-state index in [4.69, 9.17) is 10.5 Å². The average Bonchev–Trinajstić information content (AvgIpc) is 2.50. The first kappa shape index (κ1) is 15.1. The molecule has 2 rings (SSSR count). The van der Waals surface area contributed by atoms with Crippen molar-refractivity contribution in [2.75, 3.05) is 17.7 Å². The number of anilines is 2. The average molecular weight is 284 g/mol. The van der Waals surface area contributed by atoms with Crippen LogP contribution in [0.25, 0.3) is 0 Å². The molecule has 1 unspecified atom stereocenters. The monoisotopic (exact) mass is 284 g/mol. The molecule has 0 aliphatic heterocycles. The molecule has 2 aromatic carbocycles. The Kier molecular flexibility index (Phi) is 5.35. The summed E-state index contributed by atoms with van der Waals surface area (Å²) in [6, 6.07) is 17.0. The quantitative estimate of drug-likeness (QED) is 0.802. The Morgan fingerprint density at radius 1 is 1.14 bits per heavy atom. The zero-order valence-electron chi connectivity index (χ0n) is 12.1. The fourth-order valence-electron chi connectivity index (χ4n) is 1.95. The van der Waals surface area contributed by atoms with Gasteiger partial charge < -0.3 is 15.8 Å². The minimum atomic E-state index is -0.504. The number of nitrogen functional groups attached to an aromatic ring is 1. The van der Waals surface area contributed by atoms with Crippen molar-refractivity contribution in [3.05, 3.63) is 60.2 Å². The van der Waals surface area contributed by atoms with Crippen molar-refractivity contribution in [1.82, 2.24) is 0 Å². The molecule has 0 bridgehead atoms. The lowest BCUT2D eigenvalue weighted by molar-refractivity contribution is -0.126. The molecule has 0 heterocycles. The molecule has 1 atom stereocenters. The van der Waals surface area contributed by atoms with E-state index < -0.39 is 6.10 Å². The molecular formula is C17H20N2O2. The van der Waals surface area contributed by atoms with Gasteiger partial charge in [0.1, 0.15) is 6.10 Å². The second kappa shape index (κ2) is 7.45. The highest BCUT2D eigenvalue weighted by atomic mass is 16.5. The smallest absolute Gasteiger partial charge is 0.253 e. The Morgan fingerprint density at radius 2 is 1.81 bits per heavy atom. The van der Waals surface area contributed by atoms with E-state index in [1.165, 1.54) is 0 Å². The number of rotatable bonds is 6. The van der Waals surface area contributed by atoms with Gasteiger partial charge in [-0.2, -0.15) is 0 Å². The third-order valence-corrected chi connectivity index (χ3v) is 3.20. The molecule has 3 N–H and O–H groups in total. The number of amides is 1. The van der Waals surface area contributed by atoms with E-state index in [0.29, 0.717) is 13.0 Å². The number of ether oxygens (including phenoxy) is 1. The van der Waals surface area contributed by atoms with Crippen LogP contribution < -0.4 is 11.1 Å². The third-order valence-electron chi connectivity index (χ3n) is 3.20. The van der Waals surface area contributed by atoms with Gasteiger partial charge in [-0.3, -0.25) is 4.79 Å². The van der Waals surface area contributed by atoms with E-state index in [1.807, 2.05) is 54.6 Å².